The molecule has 2 aromatic rings. The van der Waals surface area contributed by atoms with Gasteiger partial charge in [-0.05, 0) is 58.7 Å². The number of halogens is 1. The van der Waals surface area contributed by atoms with Gasteiger partial charge >= 0.3 is 0 Å². The third kappa shape index (κ3) is 4.48. The van der Waals surface area contributed by atoms with Crippen LogP contribution < -0.4 is 15.4 Å². The Morgan fingerprint density at radius 1 is 1.15 bits per heavy atom. The first-order valence-electron chi connectivity index (χ1n) is 8.75. The molecule has 7 heteroatoms. The summed E-state index contributed by atoms with van der Waals surface area (Å²) in [6.07, 6.45) is 0. The number of ether oxygens (including phenoxy) is 1. The van der Waals surface area contributed by atoms with Crippen molar-refractivity contribution in [2.45, 2.75) is 6.92 Å². The van der Waals surface area contributed by atoms with Gasteiger partial charge < -0.3 is 20.3 Å². The van der Waals surface area contributed by atoms with Crippen LogP contribution in [-0.2, 0) is 0 Å². The molecule has 0 spiro atoms. The lowest BCUT2D eigenvalue weighted by Crippen LogP contribution is -2.46. The summed E-state index contributed by atoms with van der Waals surface area (Å²) in [4.78, 5) is 27.3. The van der Waals surface area contributed by atoms with Crippen molar-refractivity contribution in [2.75, 3.05) is 38.6 Å². The first-order chi connectivity index (χ1) is 13.0. The second-order valence-electron chi connectivity index (χ2n) is 6.37. The number of benzene rings is 2. The highest BCUT2D eigenvalue weighted by Crippen LogP contribution is 2.25. The average Bonchev–Trinajstić information content (AvgIpc) is 2.70. The predicted molar refractivity (Wildman–Crippen MR) is 109 cm³/mol. The van der Waals surface area contributed by atoms with Crippen LogP contribution in [0.1, 0.15) is 26.3 Å². The molecule has 6 nitrogen and oxygen atoms in total. The van der Waals surface area contributed by atoms with Crippen molar-refractivity contribution < 1.29 is 14.3 Å². The number of methoxy groups -OCH3 is 1. The molecule has 1 aliphatic rings. The minimum atomic E-state index is -0.268. The van der Waals surface area contributed by atoms with Gasteiger partial charge in [0.2, 0.25) is 0 Å². The number of aryl methyl sites for hydroxylation is 1. The largest absolute Gasteiger partial charge is 0.497 e. The second-order valence-corrected chi connectivity index (χ2v) is 7.23. The van der Waals surface area contributed by atoms with Crippen LogP contribution in [0, 0.1) is 6.92 Å². The molecule has 0 radical (unpaired) electrons. The van der Waals surface area contributed by atoms with Gasteiger partial charge in [-0.2, -0.15) is 0 Å². The lowest BCUT2D eigenvalue weighted by molar-refractivity contribution is 0.0735. The van der Waals surface area contributed by atoms with Crippen molar-refractivity contribution in [3.63, 3.8) is 0 Å². The molecule has 2 N–H and O–H groups in total. The van der Waals surface area contributed by atoms with E-state index in [0.29, 0.717) is 40.1 Å². The molecule has 27 heavy (non-hydrogen) atoms. The molecule has 142 valence electrons. The first kappa shape index (κ1) is 19.4. The summed E-state index contributed by atoms with van der Waals surface area (Å²) in [5.74, 6) is 0.313. The minimum Gasteiger partial charge on any atom is -0.497 e. The monoisotopic (exact) mass is 431 g/mol. The van der Waals surface area contributed by atoms with Crippen molar-refractivity contribution in [2.24, 2.45) is 0 Å². The van der Waals surface area contributed by atoms with Gasteiger partial charge in [-0.3, -0.25) is 9.59 Å². The maximum Gasteiger partial charge on any atom is 0.256 e. The fraction of sp³-hybridized carbons (Fsp3) is 0.300. The van der Waals surface area contributed by atoms with Crippen LogP contribution in [0.3, 0.4) is 0 Å². The molecule has 1 heterocycles. The molecular formula is C20H22BrN3O3. The highest BCUT2D eigenvalue weighted by molar-refractivity contribution is 9.10. The average molecular weight is 432 g/mol. The summed E-state index contributed by atoms with van der Waals surface area (Å²) in [6.45, 7) is 4.86. The van der Waals surface area contributed by atoms with Crippen LogP contribution in [0.15, 0.2) is 40.9 Å². The maximum absolute atomic E-state index is 12.7. The molecule has 2 aromatic carbocycles. The van der Waals surface area contributed by atoms with E-state index in [4.69, 9.17) is 4.74 Å². The Morgan fingerprint density at radius 2 is 1.89 bits per heavy atom. The van der Waals surface area contributed by atoms with Crippen LogP contribution in [0.25, 0.3) is 0 Å². The van der Waals surface area contributed by atoms with Crippen molar-refractivity contribution in [1.82, 2.24) is 10.2 Å². The van der Waals surface area contributed by atoms with Crippen LogP contribution in [0.4, 0.5) is 5.69 Å². The zero-order valence-corrected chi connectivity index (χ0v) is 16.9. The number of piperazine rings is 1. The zero-order chi connectivity index (χ0) is 19.4. The topological polar surface area (TPSA) is 70.7 Å². The quantitative estimate of drug-likeness (QED) is 0.780. The Hall–Kier alpha value is -2.38. The van der Waals surface area contributed by atoms with Gasteiger partial charge in [-0.25, -0.2) is 0 Å². The van der Waals surface area contributed by atoms with Gasteiger partial charge in [0, 0.05) is 41.9 Å². The second kappa shape index (κ2) is 8.54. The molecular weight excluding hydrogens is 410 g/mol. The van der Waals surface area contributed by atoms with Gasteiger partial charge in [0.1, 0.15) is 5.75 Å². The van der Waals surface area contributed by atoms with Crippen LogP contribution in [0.5, 0.6) is 5.75 Å². The van der Waals surface area contributed by atoms with E-state index in [-0.39, 0.29) is 11.8 Å². The van der Waals surface area contributed by atoms with Gasteiger partial charge in [-0.1, -0.05) is 6.07 Å². The van der Waals surface area contributed by atoms with Crippen LogP contribution >= 0.6 is 15.9 Å². The van der Waals surface area contributed by atoms with E-state index in [1.807, 2.05) is 17.9 Å². The molecule has 0 bridgehead atoms. The molecule has 2 amide bonds. The van der Waals surface area contributed by atoms with Crippen molar-refractivity contribution in [3.05, 3.63) is 57.6 Å². The highest BCUT2D eigenvalue weighted by atomic mass is 79.9. The number of carbonyl (C=O) groups excluding carboxylic acids is 2. The number of nitrogens with zero attached hydrogens (tertiary/aromatic N) is 1. The molecule has 0 aliphatic carbocycles. The summed E-state index contributed by atoms with van der Waals surface area (Å²) in [5.41, 5.74) is 2.55. The molecule has 3 rings (SSSR count). The Kier molecular flexibility index (Phi) is 6.13. The number of nitrogens with one attached hydrogen (secondary N) is 2. The molecule has 0 saturated carbocycles. The maximum atomic E-state index is 12.7. The number of anilines is 1. The summed E-state index contributed by atoms with van der Waals surface area (Å²) < 4.78 is 5.87. The van der Waals surface area contributed by atoms with E-state index in [0.717, 1.165) is 18.7 Å². The number of hydrogen-bond donors (Lipinski definition) is 2. The summed E-state index contributed by atoms with van der Waals surface area (Å²) in [6, 6.07) is 10.6. The fourth-order valence-electron chi connectivity index (χ4n) is 2.94. The summed E-state index contributed by atoms with van der Waals surface area (Å²) in [7, 11) is 1.56. The third-order valence-electron chi connectivity index (χ3n) is 4.56. The van der Waals surface area contributed by atoms with Crippen molar-refractivity contribution >= 4 is 33.4 Å². The molecule has 1 aliphatic heterocycles. The molecule has 0 unspecified atom stereocenters. The normalized spacial score (nSPS) is 14.0. The van der Waals surface area contributed by atoms with E-state index in [2.05, 4.69) is 26.6 Å². The third-order valence-corrected chi connectivity index (χ3v) is 5.25. The highest BCUT2D eigenvalue weighted by Gasteiger charge is 2.19. The van der Waals surface area contributed by atoms with E-state index >= 15 is 0 Å². The Labute approximate surface area is 167 Å². The summed E-state index contributed by atoms with van der Waals surface area (Å²) in [5, 5.41) is 6.14. The molecule has 1 fully saturated rings. The summed E-state index contributed by atoms with van der Waals surface area (Å²) >= 11 is 3.40. The van der Waals surface area contributed by atoms with Gasteiger partial charge in [0.25, 0.3) is 11.8 Å². The van der Waals surface area contributed by atoms with E-state index < -0.39 is 0 Å². The lowest BCUT2D eigenvalue weighted by atomic mass is 10.1. The standard InChI is InChI=1S/C20H22BrN3O3/c1-13-3-4-14(20(26)24-9-7-22-8-10-24)11-18(13)23-19(25)16-12-15(27-2)5-6-17(16)21/h3-6,11-12,22H,7-10H2,1-2H3,(H,23,25). The van der Waals surface area contributed by atoms with E-state index in [1.165, 1.54) is 0 Å². The Morgan fingerprint density at radius 3 is 2.59 bits per heavy atom. The van der Waals surface area contributed by atoms with Gasteiger partial charge in [-0.15, -0.1) is 0 Å². The molecule has 0 atom stereocenters. The number of carbonyl (C=O) groups is 2. The van der Waals surface area contributed by atoms with Gasteiger partial charge in [0.15, 0.2) is 0 Å². The van der Waals surface area contributed by atoms with Crippen LogP contribution in [-0.4, -0.2) is 50.0 Å². The van der Waals surface area contributed by atoms with Crippen molar-refractivity contribution in [3.8, 4) is 5.75 Å². The lowest BCUT2D eigenvalue weighted by Gasteiger charge is -2.27. The fourth-order valence-corrected chi connectivity index (χ4v) is 3.36. The Balaban J connectivity index is 1.82. The smallest absolute Gasteiger partial charge is 0.256 e. The van der Waals surface area contributed by atoms with E-state index in [9.17, 15) is 9.59 Å². The van der Waals surface area contributed by atoms with E-state index in [1.54, 1.807) is 37.4 Å². The minimum absolute atomic E-state index is 0.0189. The predicted octanol–water partition coefficient (Wildman–Crippen LogP) is 3.06. The molecule has 0 aromatic heterocycles. The number of hydrogen-bond acceptors (Lipinski definition) is 4. The first-order valence-corrected chi connectivity index (χ1v) is 9.54. The number of amides is 2. The van der Waals surface area contributed by atoms with Gasteiger partial charge in [0.05, 0.1) is 12.7 Å². The molecule has 1 saturated heterocycles. The zero-order valence-electron chi connectivity index (χ0n) is 15.3. The van der Waals surface area contributed by atoms with Crippen molar-refractivity contribution in [1.29, 1.82) is 0 Å². The SMILES string of the molecule is COc1ccc(Br)c(C(=O)Nc2cc(C(=O)N3CCNCC3)ccc2C)c1. The van der Waals surface area contributed by atoms with Crippen LogP contribution in [0.2, 0.25) is 0 Å². The number of rotatable bonds is 4. The Bertz CT molecular complexity index is 864.